The molecule has 0 aliphatic rings. The van der Waals surface area contributed by atoms with Crippen molar-refractivity contribution in [3.63, 3.8) is 0 Å². The molecule has 24 heavy (non-hydrogen) atoms. The van der Waals surface area contributed by atoms with Gasteiger partial charge in [0, 0.05) is 16.7 Å². The molecule has 3 aromatic carbocycles. The Morgan fingerprint density at radius 1 is 0.792 bits per heavy atom. The molecule has 0 radical (unpaired) electrons. The lowest BCUT2D eigenvalue weighted by Crippen LogP contribution is -2.20. The third-order valence-electron chi connectivity index (χ3n) is 3.49. The smallest absolute Gasteiger partial charge is 0.120 e. The van der Waals surface area contributed by atoms with E-state index in [9.17, 15) is 0 Å². The van der Waals surface area contributed by atoms with Gasteiger partial charge in [-0.1, -0.05) is 58.4 Å². The molecule has 0 bridgehead atoms. The Morgan fingerprint density at radius 3 is 2.42 bits per heavy atom. The maximum Gasteiger partial charge on any atom is 0.120 e. The largest absolute Gasteiger partial charge is 0.489 e. The summed E-state index contributed by atoms with van der Waals surface area (Å²) >= 11 is 3.48. The zero-order chi connectivity index (χ0) is 16.6. The highest BCUT2D eigenvalue weighted by molar-refractivity contribution is 9.10. The second kappa shape index (κ2) is 8.52. The van der Waals surface area contributed by atoms with Crippen LogP contribution in [0.3, 0.4) is 0 Å². The van der Waals surface area contributed by atoms with Gasteiger partial charge < -0.3 is 10.2 Å². The summed E-state index contributed by atoms with van der Waals surface area (Å²) in [6.45, 7) is 1.27. The third-order valence-corrected chi connectivity index (χ3v) is 3.99. The summed E-state index contributed by atoms with van der Waals surface area (Å²) < 4.78 is 6.95. The van der Waals surface area contributed by atoms with Crippen molar-refractivity contribution in [2.45, 2.75) is 13.2 Å². The van der Waals surface area contributed by atoms with Crippen LogP contribution in [0.2, 0.25) is 0 Å². The van der Waals surface area contributed by atoms with Gasteiger partial charge in [0.1, 0.15) is 12.4 Å². The highest BCUT2D eigenvalue weighted by atomic mass is 79.9. The summed E-state index contributed by atoms with van der Waals surface area (Å²) in [5.74, 6) is 0.869. The maximum atomic E-state index is 5.88. The van der Waals surface area contributed by atoms with Crippen molar-refractivity contribution in [2.24, 2.45) is 0 Å². The van der Waals surface area contributed by atoms with E-state index in [0.29, 0.717) is 13.2 Å². The van der Waals surface area contributed by atoms with Gasteiger partial charge in [-0.2, -0.15) is 0 Å². The first-order valence-corrected chi connectivity index (χ1v) is 8.59. The first kappa shape index (κ1) is 16.6. The summed E-state index contributed by atoms with van der Waals surface area (Å²) in [5.41, 5.74) is 9.73. The van der Waals surface area contributed by atoms with Gasteiger partial charge in [-0.15, -0.1) is 0 Å². The van der Waals surface area contributed by atoms with Crippen molar-refractivity contribution >= 4 is 21.6 Å². The highest BCUT2D eigenvalue weighted by Gasteiger charge is 1.99. The van der Waals surface area contributed by atoms with E-state index in [2.05, 4.69) is 51.0 Å². The van der Waals surface area contributed by atoms with E-state index in [1.165, 1.54) is 0 Å². The van der Waals surface area contributed by atoms with Crippen LogP contribution in [-0.4, -0.2) is 0 Å². The normalized spacial score (nSPS) is 10.4. The molecule has 0 aromatic heterocycles. The topological polar surface area (TPSA) is 33.3 Å². The minimum atomic E-state index is 0.554. The van der Waals surface area contributed by atoms with E-state index < -0.39 is 0 Å². The van der Waals surface area contributed by atoms with Gasteiger partial charge in [0.2, 0.25) is 0 Å². The Hall–Kier alpha value is -2.30. The Balaban J connectivity index is 1.52. The van der Waals surface area contributed by atoms with E-state index in [-0.39, 0.29) is 0 Å². The first-order chi connectivity index (χ1) is 11.8. The molecule has 0 amide bonds. The van der Waals surface area contributed by atoms with Crippen LogP contribution in [0.1, 0.15) is 11.1 Å². The summed E-state index contributed by atoms with van der Waals surface area (Å²) in [7, 11) is 0. The SMILES string of the molecule is Brc1cccc(COc2cccc(CNNc3ccccc3)c2)c1. The molecule has 3 nitrogen and oxygen atoms in total. The molecule has 0 aliphatic carbocycles. The van der Waals surface area contributed by atoms with Gasteiger partial charge in [0.25, 0.3) is 0 Å². The molecule has 0 fully saturated rings. The molecule has 0 unspecified atom stereocenters. The minimum Gasteiger partial charge on any atom is -0.489 e. The second-order valence-corrected chi connectivity index (χ2v) is 6.33. The number of rotatable bonds is 7. The lowest BCUT2D eigenvalue weighted by Gasteiger charge is -2.10. The standard InChI is InChI=1S/C20H19BrN2O/c21-18-8-4-7-17(12-18)15-24-20-11-5-6-16(13-20)14-22-23-19-9-2-1-3-10-19/h1-13,22-23H,14-15H2. The second-order valence-electron chi connectivity index (χ2n) is 5.41. The molecule has 122 valence electrons. The van der Waals surface area contributed by atoms with Crippen molar-refractivity contribution in [3.05, 3.63) is 94.5 Å². The number of hydrogen-bond donors (Lipinski definition) is 2. The zero-order valence-corrected chi connectivity index (χ0v) is 14.8. The zero-order valence-electron chi connectivity index (χ0n) is 13.2. The molecular weight excluding hydrogens is 364 g/mol. The molecule has 0 saturated heterocycles. The van der Waals surface area contributed by atoms with E-state index in [1.807, 2.05) is 54.6 Å². The number of benzene rings is 3. The molecule has 3 rings (SSSR count). The van der Waals surface area contributed by atoms with Crippen LogP contribution in [0.25, 0.3) is 0 Å². The Morgan fingerprint density at radius 2 is 1.58 bits per heavy atom. The van der Waals surface area contributed by atoms with Crippen molar-refractivity contribution < 1.29 is 4.74 Å². The van der Waals surface area contributed by atoms with Crippen LogP contribution < -0.4 is 15.6 Å². The molecule has 3 aromatic rings. The number of ether oxygens (including phenoxy) is 1. The minimum absolute atomic E-state index is 0.554. The van der Waals surface area contributed by atoms with Crippen LogP contribution in [0, 0.1) is 0 Å². The molecule has 2 N–H and O–H groups in total. The molecule has 0 atom stereocenters. The number of anilines is 1. The Kier molecular flexibility index (Phi) is 5.88. The van der Waals surface area contributed by atoms with Crippen LogP contribution in [0.4, 0.5) is 5.69 Å². The predicted octanol–water partition coefficient (Wildman–Crippen LogP) is 5.14. The van der Waals surface area contributed by atoms with Gasteiger partial charge in [0.15, 0.2) is 0 Å². The van der Waals surface area contributed by atoms with Crippen LogP contribution in [0.15, 0.2) is 83.3 Å². The average Bonchev–Trinajstić information content (AvgIpc) is 2.61. The van der Waals surface area contributed by atoms with Gasteiger partial charge in [-0.3, -0.25) is 0 Å². The predicted molar refractivity (Wildman–Crippen MR) is 102 cm³/mol. The quantitative estimate of drug-likeness (QED) is 0.554. The molecule has 0 spiro atoms. The van der Waals surface area contributed by atoms with Crippen molar-refractivity contribution in [2.75, 3.05) is 5.43 Å². The third kappa shape index (κ3) is 5.11. The molecule has 0 saturated carbocycles. The Bertz CT molecular complexity index is 777. The number of hydrazine groups is 1. The summed E-state index contributed by atoms with van der Waals surface area (Å²) in [6, 6.07) is 26.3. The fourth-order valence-corrected chi connectivity index (χ4v) is 2.76. The van der Waals surface area contributed by atoms with Crippen molar-refractivity contribution in [3.8, 4) is 5.75 Å². The van der Waals surface area contributed by atoms with Gasteiger partial charge in [-0.25, -0.2) is 5.43 Å². The first-order valence-electron chi connectivity index (χ1n) is 7.80. The highest BCUT2D eigenvalue weighted by Crippen LogP contribution is 2.17. The molecule has 0 heterocycles. The number of hydrogen-bond acceptors (Lipinski definition) is 3. The lowest BCUT2D eigenvalue weighted by atomic mass is 10.2. The summed E-state index contributed by atoms with van der Waals surface area (Å²) in [5, 5.41) is 0. The number of nitrogens with one attached hydrogen (secondary N) is 2. The van der Waals surface area contributed by atoms with E-state index in [1.54, 1.807) is 0 Å². The summed E-state index contributed by atoms with van der Waals surface area (Å²) in [4.78, 5) is 0. The fraction of sp³-hybridized carbons (Fsp3) is 0.100. The molecule has 0 aliphatic heterocycles. The lowest BCUT2D eigenvalue weighted by molar-refractivity contribution is 0.306. The fourth-order valence-electron chi connectivity index (χ4n) is 2.31. The average molecular weight is 383 g/mol. The monoisotopic (exact) mass is 382 g/mol. The van der Waals surface area contributed by atoms with Crippen LogP contribution >= 0.6 is 15.9 Å². The van der Waals surface area contributed by atoms with Gasteiger partial charge in [-0.05, 0) is 47.5 Å². The number of halogens is 1. The van der Waals surface area contributed by atoms with Crippen molar-refractivity contribution in [1.82, 2.24) is 5.43 Å². The van der Waals surface area contributed by atoms with E-state index in [4.69, 9.17) is 4.74 Å². The Labute approximate surface area is 150 Å². The molecule has 4 heteroatoms. The van der Waals surface area contributed by atoms with Crippen LogP contribution in [0.5, 0.6) is 5.75 Å². The van der Waals surface area contributed by atoms with E-state index in [0.717, 1.165) is 27.0 Å². The number of para-hydroxylation sites is 1. The maximum absolute atomic E-state index is 5.88. The van der Waals surface area contributed by atoms with E-state index >= 15 is 0 Å². The van der Waals surface area contributed by atoms with Crippen LogP contribution in [-0.2, 0) is 13.2 Å². The van der Waals surface area contributed by atoms with Crippen molar-refractivity contribution in [1.29, 1.82) is 0 Å². The van der Waals surface area contributed by atoms with Gasteiger partial charge in [0.05, 0.1) is 0 Å². The summed E-state index contributed by atoms with van der Waals surface area (Å²) in [6.07, 6.45) is 0. The molecular formula is C20H19BrN2O. The van der Waals surface area contributed by atoms with Gasteiger partial charge >= 0.3 is 0 Å².